The summed E-state index contributed by atoms with van der Waals surface area (Å²) in [6.07, 6.45) is 5.24. The molecule has 2 amide bonds. The zero-order chi connectivity index (χ0) is 17.6. The number of imidazole rings is 1. The molecular weight excluding hydrogens is 384 g/mol. The molecule has 0 spiro atoms. The third-order valence-corrected chi connectivity index (χ3v) is 3.94. The molecule has 0 fully saturated rings. The van der Waals surface area contributed by atoms with Crippen molar-refractivity contribution in [2.75, 3.05) is 11.9 Å². The van der Waals surface area contributed by atoms with E-state index in [9.17, 15) is 9.59 Å². The molecule has 3 rings (SSSR count). The second kappa shape index (κ2) is 7.76. The number of aromatic nitrogens is 2. The van der Waals surface area contributed by atoms with E-state index in [1.807, 2.05) is 29.0 Å². The minimum absolute atomic E-state index is 0.103. The van der Waals surface area contributed by atoms with Crippen LogP contribution in [0.25, 0.3) is 5.69 Å². The normalized spacial score (nSPS) is 10.3. The van der Waals surface area contributed by atoms with Gasteiger partial charge in [0.1, 0.15) is 0 Å². The van der Waals surface area contributed by atoms with E-state index >= 15 is 0 Å². The van der Waals surface area contributed by atoms with Crippen LogP contribution in [0, 0.1) is 0 Å². The van der Waals surface area contributed by atoms with Crippen LogP contribution < -0.4 is 10.6 Å². The summed E-state index contributed by atoms with van der Waals surface area (Å²) in [5.41, 5.74) is 2.09. The van der Waals surface area contributed by atoms with Crippen LogP contribution in [0.1, 0.15) is 10.4 Å². The molecule has 7 heteroatoms. The molecule has 0 aliphatic heterocycles. The Hall–Kier alpha value is -2.93. The van der Waals surface area contributed by atoms with Gasteiger partial charge >= 0.3 is 0 Å². The Morgan fingerprint density at radius 2 is 1.92 bits per heavy atom. The molecular formula is C18H15BrN4O2. The lowest BCUT2D eigenvalue weighted by molar-refractivity contribution is -0.115. The largest absolute Gasteiger partial charge is 0.343 e. The van der Waals surface area contributed by atoms with Crippen molar-refractivity contribution in [3.05, 3.63) is 77.3 Å². The van der Waals surface area contributed by atoms with Gasteiger partial charge in [-0.25, -0.2) is 4.98 Å². The maximum absolute atomic E-state index is 12.0. The number of nitrogens with one attached hydrogen (secondary N) is 2. The number of amides is 2. The van der Waals surface area contributed by atoms with E-state index in [1.165, 1.54) is 0 Å². The summed E-state index contributed by atoms with van der Waals surface area (Å²) in [4.78, 5) is 28.0. The summed E-state index contributed by atoms with van der Waals surface area (Å²) < 4.78 is 2.67. The van der Waals surface area contributed by atoms with E-state index in [-0.39, 0.29) is 18.4 Å². The molecule has 2 N–H and O–H groups in total. The summed E-state index contributed by atoms with van der Waals surface area (Å²) in [7, 11) is 0. The number of hydrogen-bond acceptors (Lipinski definition) is 3. The predicted molar refractivity (Wildman–Crippen MR) is 98.7 cm³/mol. The third-order valence-electron chi connectivity index (χ3n) is 3.45. The van der Waals surface area contributed by atoms with Gasteiger partial charge < -0.3 is 15.2 Å². The number of hydrogen-bond donors (Lipinski definition) is 2. The minimum atomic E-state index is -0.299. The molecule has 1 aromatic heterocycles. The third kappa shape index (κ3) is 4.54. The first kappa shape index (κ1) is 16.9. The topological polar surface area (TPSA) is 76.0 Å². The number of rotatable bonds is 5. The van der Waals surface area contributed by atoms with Crippen molar-refractivity contribution in [3.63, 3.8) is 0 Å². The van der Waals surface area contributed by atoms with Gasteiger partial charge in [0.25, 0.3) is 5.91 Å². The van der Waals surface area contributed by atoms with E-state index in [2.05, 4.69) is 31.5 Å². The van der Waals surface area contributed by atoms with Gasteiger partial charge in [0.2, 0.25) is 5.91 Å². The van der Waals surface area contributed by atoms with Crippen molar-refractivity contribution >= 4 is 33.4 Å². The average Bonchev–Trinajstić information content (AvgIpc) is 3.15. The van der Waals surface area contributed by atoms with Crippen LogP contribution in [0.4, 0.5) is 5.69 Å². The molecule has 25 heavy (non-hydrogen) atoms. The highest BCUT2D eigenvalue weighted by Crippen LogP contribution is 2.13. The Balaban J connectivity index is 1.53. The first-order valence-corrected chi connectivity index (χ1v) is 8.33. The van der Waals surface area contributed by atoms with E-state index in [4.69, 9.17) is 0 Å². The van der Waals surface area contributed by atoms with Crippen LogP contribution in [0.3, 0.4) is 0 Å². The summed E-state index contributed by atoms with van der Waals surface area (Å²) in [5, 5.41) is 5.34. The van der Waals surface area contributed by atoms with Crippen LogP contribution in [-0.2, 0) is 4.79 Å². The van der Waals surface area contributed by atoms with Gasteiger partial charge in [-0.2, -0.15) is 0 Å². The fourth-order valence-electron chi connectivity index (χ4n) is 2.23. The highest BCUT2D eigenvalue weighted by atomic mass is 79.9. The molecule has 0 radical (unpaired) electrons. The molecule has 1 heterocycles. The van der Waals surface area contributed by atoms with Crippen molar-refractivity contribution < 1.29 is 9.59 Å². The van der Waals surface area contributed by atoms with E-state index in [0.717, 1.165) is 10.2 Å². The zero-order valence-electron chi connectivity index (χ0n) is 13.1. The summed E-state index contributed by atoms with van der Waals surface area (Å²) in [6, 6.07) is 14.3. The van der Waals surface area contributed by atoms with E-state index in [0.29, 0.717) is 11.3 Å². The van der Waals surface area contributed by atoms with Crippen LogP contribution in [0.5, 0.6) is 0 Å². The lowest BCUT2D eigenvalue weighted by Crippen LogP contribution is -2.32. The summed E-state index contributed by atoms with van der Waals surface area (Å²) in [5.74, 6) is -0.592. The van der Waals surface area contributed by atoms with E-state index in [1.54, 1.807) is 42.9 Å². The maximum Gasteiger partial charge on any atom is 0.251 e. The van der Waals surface area contributed by atoms with Gasteiger partial charge in [-0.3, -0.25) is 9.59 Å². The van der Waals surface area contributed by atoms with Crippen molar-refractivity contribution in [1.82, 2.24) is 14.9 Å². The molecule has 0 aliphatic carbocycles. The zero-order valence-corrected chi connectivity index (χ0v) is 14.7. The first-order valence-electron chi connectivity index (χ1n) is 7.54. The van der Waals surface area contributed by atoms with Gasteiger partial charge in [0.15, 0.2) is 0 Å². The monoisotopic (exact) mass is 398 g/mol. The van der Waals surface area contributed by atoms with Gasteiger partial charge in [-0.05, 0) is 42.5 Å². The van der Waals surface area contributed by atoms with E-state index < -0.39 is 0 Å². The number of carbonyl (C=O) groups excluding carboxylic acids is 2. The van der Waals surface area contributed by atoms with Crippen molar-refractivity contribution in [2.24, 2.45) is 0 Å². The van der Waals surface area contributed by atoms with Crippen LogP contribution in [0.2, 0.25) is 0 Å². The lowest BCUT2D eigenvalue weighted by Gasteiger charge is -2.08. The predicted octanol–water partition coefficient (Wildman–Crippen LogP) is 3.00. The standard InChI is InChI=1S/C18H15BrN4O2/c19-14-3-1-2-13(10-14)18(25)21-11-17(24)22-15-4-6-16(7-5-15)23-9-8-20-12-23/h1-10,12H,11H2,(H,21,25)(H,22,24). The maximum atomic E-state index is 12.0. The Bertz CT molecular complexity index is 876. The van der Waals surface area contributed by atoms with Crippen LogP contribution >= 0.6 is 15.9 Å². The molecule has 2 aromatic carbocycles. The highest BCUT2D eigenvalue weighted by Gasteiger charge is 2.08. The van der Waals surface area contributed by atoms with Gasteiger partial charge in [-0.1, -0.05) is 22.0 Å². The van der Waals surface area contributed by atoms with Gasteiger partial charge in [0.05, 0.1) is 12.9 Å². The molecule has 3 aromatic rings. The highest BCUT2D eigenvalue weighted by molar-refractivity contribution is 9.10. The Labute approximate surface area is 153 Å². The minimum Gasteiger partial charge on any atom is -0.343 e. The number of benzene rings is 2. The number of nitrogens with zero attached hydrogens (tertiary/aromatic N) is 2. The second-order valence-corrected chi connectivity index (χ2v) is 6.17. The number of anilines is 1. The second-order valence-electron chi connectivity index (χ2n) is 5.26. The Kier molecular flexibility index (Phi) is 5.25. The number of carbonyl (C=O) groups is 2. The van der Waals surface area contributed by atoms with Crippen molar-refractivity contribution in [1.29, 1.82) is 0 Å². The molecule has 0 unspecified atom stereocenters. The molecule has 6 nitrogen and oxygen atoms in total. The molecule has 0 bridgehead atoms. The molecule has 0 aliphatic rings. The Morgan fingerprint density at radius 1 is 1.12 bits per heavy atom. The Morgan fingerprint density at radius 3 is 2.60 bits per heavy atom. The first-order chi connectivity index (χ1) is 12.1. The average molecular weight is 399 g/mol. The van der Waals surface area contributed by atoms with Crippen LogP contribution in [0.15, 0.2) is 71.7 Å². The van der Waals surface area contributed by atoms with Gasteiger partial charge in [0, 0.05) is 33.8 Å². The fourth-order valence-corrected chi connectivity index (χ4v) is 2.63. The lowest BCUT2D eigenvalue weighted by atomic mass is 10.2. The molecule has 0 saturated heterocycles. The molecule has 0 atom stereocenters. The quantitative estimate of drug-likeness (QED) is 0.693. The van der Waals surface area contributed by atoms with Gasteiger partial charge in [-0.15, -0.1) is 0 Å². The van der Waals surface area contributed by atoms with Crippen molar-refractivity contribution in [2.45, 2.75) is 0 Å². The SMILES string of the molecule is O=C(CNC(=O)c1cccc(Br)c1)Nc1ccc(-n2ccnc2)cc1. The van der Waals surface area contributed by atoms with Crippen LogP contribution in [-0.4, -0.2) is 27.9 Å². The summed E-state index contributed by atoms with van der Waals surface area (Å²) >= 11 is 3.31. The molecule has 126 valence electrons. The summed E-state index contributed by atoms with van der Waals surface area (Å²) in [6.45, 7) is -0.103. The molecule has 0 saturated carbocycles. The fraction of sp³-hybridized carbons (Fsp3) is 0.0556. The number of halogens is 1. The van der Waals surface area contributed by atoms with Crippen molar-refractivity contribution in [3.8, 4) is 5.69 Å². The smallest absolute Gasteiger partial charge is 0.251 e.